The van der Waals surface area contributed by atoms with Crippen molar-refractivity contribution >= 4 is 27.8 Å². The van der Waals surface area contributed by atoms with Crippen LogP contribution in [0.1, 0.15) is 15.9 Å². The summed E-state index contributed by atoms with van der Waals surface area (Å²) in [4.78, 5) is 24.1. The van der Waals surface area contributed by atoms with E-state index in [1.165, 1.54) is 7.11 Å². The standard InChI is InChI=1S/C17H16BrNO3/c1-22-17(21)15(11-12-7-9-14(18)10-8-12)19-16(20)13-5-3-2-4-6-13/h2-10,15H,11H2,1H3,(H,19,20). The molecule has 22 heavy (non-hydrogen) atoms. The van der Waals surface area contributed by atoms with Gasteiger partial charge in [0.05, 0.1) is 7.11 Å². The molecule has 0 aliphatic carbocycles. The lowest BCUT2D eigenvalue weighted by atomic mass is 10.1. The van der Waals surface area contributed by atoms with Crippen LogP contribution in [0.4, 0.5) is 0 Å². The maximum absolute atomic E-state index is 12.2. The Kier molecular flexibility index (Phi) is 5.72. The summed E-state index contributed by atoms with van der Waals surface area (Å²) in [7, 11) is 1.31. The van der Waals surface area contributed by atoms with Gasteiger partial charge in [0.25, 0.3) is 5.91 Å². The van der Waals surface area contributed by atoms with Crippen molar-refractivity contribution in [3.63, 3.8) is 0 Å². The van der Waals surface area contributed by atoms with Crippen LogP contribution in [0.5, 0.6) is 0 Å². The van der Waals surface area contributed by atoms with Crippen LogP contribution in [0.3, 0.4) is 0 Å². The number of amides is 1. The number of benzene rings is 2. The average Bonchev–Trinajstić information content (AvgIpc) is 2.56. The largest absolute Gasteiger partial charge is 0.467 e. The Morgan fingerprint density at radius 2 is 1.73 bits per heavy atom. The van der Waals surface area contributed by atoms with Crippen LogP contribution < -0.4 is 5.32 Å². The third kappa shape index (κ3) is 4.43. The summed E-state index contributed by atoms with van der Waals surface area (Å²) in [5.41, 5.74) is 1.44. The summed E-state index contributed by atoms with van der Waals surface area (Å²) in [5.74, 6) is -0.764. The highest BCUT2D eigenvalue weighted by Gasteiger charge is 2.22. The molecule has 0 spiro atoms. The van der Waals surface area contributed by atoms with Crippen molar-refractivity contribution in [2.45, 2.75) is 12.5 Å². The fourth-order valence-corrected chi connectivity index (χ4v) is 2.29. The van der Waals surface area contributed by atoms with Gasteiger partial charge in [-0.05, 0) is 29.8 Å². The van der Waals surface area contributed by atoms with Crippen LogP contribution in [-0.2, 0) is 16.0 Å². The van der Waals surface area contributed by atoms with Gasteiger partial charge in [0.1, 0.15) is 6.04 Å². The molecule has 1 atom stereocenters. The van der Waals surface area contributed by atoms with Crippen LogP contribution in [0.25, 0.3) is 0 Å². The molecule has 2 aromatic carbocycles. The third-order valence-electron chi connectivity index (χ3n) is 3.18. The van der Waals surface area contributed by atoms with Crippen LogP contribution in [0.15, 0.2) is 59.1 Å². The maximum atomic E-state index is 12.2. The zero-order valence-corrected chi connectivity index (χ0v) is 13.7. The first-order chi connectivity index (χ1) is 10.6. The molecule has 0 aromatic heterocycles. The normalized spacial score (nSPS) is 11.5. The van der Waals surface area contributed by atoms with Gasteiger partial charge in [-0.3, -0.25) is 4.79 Å². The van der Waals surface area contributed by atoms with Crippen molar-refractivity contribution in [2.75, 3.05) is 7.11 Å². The van der Waals surface area contributed by atoms with E-state index in [9.17, 15) is 9.59 Å². The second-order valence-electron chi connectivity index (χ2n) is 4.75. The van der Waals surface area contributed by atoms with E-state index in [1.54, 1.807) is 24.3 Å². The average molecular weight is 362 g/mol. The Labute approximate surface area is 137 Å². The second-order valence-corrected chi connectivity index (χ2v) is 5.66. The molecule has 0 aliphatic heterocycles. The van der Waals surface area contributed by atoms with E-state index < -0.39 is 12.0 Å². The number of methoxy groups -OCH3 is 1. The molecule has 0 saturated carbocycles. The van der Waals surface area contributed by atoms with Crippen molar-refractivity contribution in [2.24, 2.45) is 0 Å². The van der Waals surface area contributed by atoms with Gasteiger partial charge in [-0.2, -0.15) is 0 Å². The van der Waals surface area contributed by atoms with E-state index in [4.69, 9.17) is 4.74 Å². The van der Waals surface area contributed by atoms with Gasteiger partial charge in [0.15, 0.2) is 0 Å². The highest BCUT2D eigenvalue weighted by atomic mass is 79.9. The summed E-state index contributed by atoms with van der Waals surface area (Å²) in [6.45, 7) is 0. The van der Waals surface area contributed by atoms with Crippen molar-refractivity contribution in [1.29, 1.82) is 0 Å². The number of ether oxygens (including phenoxy) is 1. The Hall–Kier alpha value is -2.14. The molecule has 0 radical (unpaired) electrons. The van der Waals surface area contributed by atoms with Crippen molar-refractivity contribution in [1.82, 2.24) is 5.32 Å². The SMILES string of the molecule is COC(=O)C(Cc1ccc(Br)cc1)NC(=O)c1ccccc1. The van der Waals surface area contributed by atoms with E-state index in [-0.39, 0.29) is 5.91 Å². The fourth-order valence-electron chi connectivity index (χ4n) is 2.02. The molecule has 0 heterocycles. The highest BCUT2D eigenvalue weighted by Crippen LogP contribution is 2.12. The third-order valence-corrected chi connectivity index (χ3v) is 3.71. The minimum absolute atomic E-state index is 0.298. The number of esters is 1. The van der Waals surface area contributed by atoms with Crippen LogP contribution in [0.2, 0.25) is 0 Å². The van der Waals surface area contributed by atoms with Crippen LogP contribution in [-0.4, -0.2) is 25.0 Å². The maximum Gasteiger partial charge on any atom is 0.328 e. The lowest BCUT2D eigenvalue weighted by Gasteiger charge is -2.16. The first-order valence-corrected chi connectivity index (χ1v) is 7.57. The summed E-state index contributed by atoms with van der Waals surface area (Å²) in [6, 6.07) is 15.6. The number of carbonyl (C=O) groups is 2. The lowest BCUT2D eigenvalue weighted by Crippen LogP contribution is -2.43. The molecule has 2 aromatic rings. The van der Waals surface area contributed by atoms with Gasteiger partial charge in [0.2, 0.25) is 0 Å². The van der Waals surface area contributed by atoms with Gasteiger partial charge in [0, 0.05) is 16.5 Å². The molecular weight excluding hydrogens is 346 g/mol. The lowest BCUT2D eigenvalue weighted by molar-refractivity contribution is -0.142. The predicted molar refractivity (Wildman–Crippen MR) is 87.6 cm³/mol. The molecule has 0 saturated heterocycles. The smallest absolute Gasteiger partial charge is 0.328 e. The molecule has 4 nitrogen and oxygen atoms in total. The number of hydrogen-bond donors (Lipinski definition) is 1. The van der Waals surface area contributed by atoms with E-state index in [2.05, 4.69) is 21.2 Å². The first-order valence-electron chi connectivity index (χ1n) is 6.78. The number of carbonyl (C=O) groups excluding carboxylic acids is 2. The zero-order chi connectivity index (χ0) is 15.9. The highest BCUT2D eigenvalue weighted by molar-refractivity contribution is 9.10. The minimum atomic E-state index is -0.723. The van der Waals surface area contributed by atoms with Gasteiger partial charge in [-0.1, -0.05) is 46.3 Å². The molecule has 114 valence electrons. The quantitative estimate of drug-likeness (QED) is 0.833. The Balaban J connectivity index is 2.11. The topological polar surface area (TPSA) is 55.4 Å². The summed E-state index contributed by atoms with van der Waals surface area (Å²) < 4.78 is 5.74. The number of rotatable bonds is 5. The first kappa shape index (κ1) is 16.2. The van der Waals surface area contributed by atoms with Gasteiger partial charge >= 0.3 is 5.97 Å². The number of halogens is 1. The van der Waals surface area contributed by atoms with E-state index >= 15 is 0 Å². The van der Waals surface area contributed by atoms with Gasteiger partial charge in [-0.25, -0.2) is 4.79 Å². The van der Waals surface area contributed by atoms with E-state index in [0.29, 0.717) is 12.0 Å². The van der Waals surface area contributed by atoms with Gasteiger partial charge in [-0.15, -0.1) is 0 Å². The molecule has 0 aliphatic rings. The number of nitrogens with one attached hydrogen (secondary N) is 1. The molecule has 1 N–H and O–H groups in total. The van der Waals surface area contributed by atoms with Crippen molar-refractivity contribution in [3.05, 3.63) is 70.2 Å². The second kappa shape index (κ2) is 7.75. The summed E-state index contributed by atoms with van der Waals surface area (Å²) in [5, 5.41) is 2.72. The van der Waals surface area contributed by atoms with E-state index in [0.717, 1.165) is 10.0 Å². The monoisotopic (exact) mass is 361 g/mol. The summed E-state index contributed by atoms with van der Waals surface area (Å²) in [6.07, 6.45) is 0.374. The molecule has 1 amide bonds. The van der Waals surface area contributed by atoms with E-state index in [1.807, 2.05) is 30.3 Å². The molecule has 2 rings (SSSR count). The van der Waals surface area contributed by atoms with Crippen molar-refractivity contribution in [3.8, 4) is 0 Å². The van der Waals surface area contributed by atoms with Crippen molar-refractivity contribution < 1.29 is 14.3 Å². The molecule has 0 bridgehead atoms. The Morgan fingerprint density at radius 1 is 1.09 bits per heavy atom. The zero-order valence-electron chi connectivity index (χ0n) is 12.1. The minimum Gasteiger partial charge on any atom is -0.467 e. The Bertz CT molecular complexity index is 641. The predicted octanol–water partition coefficient (Wildman–Crippen LogP) is 2.96. The van der Waals surface area contributed by atoms with Crippen LogP contribution in [0, 0.1) is 0 Å². The number of hydrogen-bond acceptors (Lipinski definition) is 3. The molecular formula is C17H16BrNO3. The Morgan fingerprint density at radius 3 is 2.32 bits per heavy atom. The fraction of sp³-hybridized carbons (Fsp3) is 0.176. The molecule has 1 unspecified atom stereocenters. The van der Waals surface area contributed by atoms with Gasteiger partial charge < -0.3 is 10.1 Å². The molecule has 5 heteroatoms. The molecule has 0 fully saturated rings. The summed E-state index contributed by atoms with van der Waals surface area (Å²) >= 11 is 3.36. The van der Waals surface area contributed by atoms with Crippen LogP contribution >= 0.6 is 15.9 Å².